The molecule has 3 N–H and O–H groups in total. The molecule has 0 saturated heterocycles. The maximum absolute atomic E-state index is 10.7. The fraction of sp³-hybridized carbons (Fsp3) is 0.474. The quantitative estimate of drug-likeness (QED) is 0.518. The van der Waals surface area contributed by atoms with Crippen LogP contribution in [0.5, 0.6) is 0 Å². The zero-order chi connectivity index (χ0) is 19.2. The first-order chi connectivity index (χ1) is 12.3. The average Bonchev–Trinajstić information content (AvgIpc) is 3.05. The molecule has 26 heavy (non-hydrogen) atoms. The lowest BCUT2D eigenvalue weighted by molar-refractivity contribution is 0.0378. The number of rotatable bonds is 7. The number of aliphatic hydroxyl groups is 1. The molecule has 7 heteroatoms. The van der Waals surface area contributed by atoms with Gasteiger partial charge in [-0.05, 0) is 39.0 Å². The first kappa shape index (κ1) is 19.8. The summed E-state index contributed by atoms with van der Waals surface area (Å²) in [5.74, 6) is 2.82. The van der Waals surface area contributed by atoms with Crippen molar-refractivity contribution in [1.82, 2.24) is 15.6 Å². The number of furan rings is 1. The van der Waals surface area contributed by atoms with Crippen LogP contribution in [0, 0.1) is 6.92 Å². The van der Waals surface area contributed by atoms with Crippen LogP contribution in [0.4, 0.5) is 5.82 Å². The lowest BCUT2D eigenvalue weighted by Crippen LogP contribution is -2.44. The third-order valence-electron chi connectivity index (χ3n) is 3.91. The van der Waals surface area contributed by atoms with Crippen LogP contribution >= 0.6 is 0 Å². The second kappa shape index (κ2) is 8.71. The highest BCUT2D eigenvalue weighted by Crippen LogP contribution is 2.22. The van der Waals surface area contributed by atoms with Crippen LogP contribution in [0.3, 0.4) is 0 Å². The van der Waals surface area contributed by atoms with Crippen molar-refractivity contribution >= 4 is 11.8 Å². The van der Waals surface area contributed by atoms with E-state index in [1.165, 1.54) is 0 Å². The lowest BCUT2D eigenvalue weighted by atomic mass is 10.0. The lowest BCUT2D eigenvalue weighted by Gasteiger charge is -2.23. The summed E-state index contributed by atoms with van der Waals surface area (Å²) < 4.78 is 5.55. The molecule has 2 rings (SSSR count). The summed E-state index contributed by atoms with van der Waals surface area (Å²) in [7, 11) is 3.92. The average molecular weight is 359 g/mol. The van der Waals surface area contributed by atoms with Crippen LogP contribution < -0.4 is 15.5 Å². The van der Waals surface area contributed by atoms with Gasteiger partial charge in [0.25, 0.3) is 0 Å². The Bertz CT molecular complexity index is 737. The Morgan fingerprint density at radius 2 is 2.08 bits per heavy atom. The predicted molar refractivity (Wildman–Crippen MR) is 104 cm³/mol. The monoisotopic (exact) mass is 359 g/mol. The minimum atomic E-state index is -1.13. The van der Waals surface area contributed by atoms with Crippen LogP contribution in [0.25, 0.3) is 0 Å². The standard InChI is InChI=1S/C19H29N5O2/c1-6-20-18(22-12-15-8-7-11-21-17(15)24(4)5)23-13-19(3,25)16-10-9-14(2)26-16/h7-11,25H,6,12-13H2,1-5H3,(H2,20,22,23). The number of nitrogens with zero attached hydrogens (tertiary/aromatic N) is 3. The van der Waals surface area contributed by atoms with Gasteiger partial charge < -0.3 is 25.1 Å². The molecule has 0 aliphatic rings. The van der Waals surface area contributed by atoms with E-state index in [-0.39, 0.29) is 6.54 Å². The second-order valence-corrected chi connectivity index (χ2v) is 6.61. The van der Waals surface area contributed by atoms with Gasteiger partial charge >= 0.3 is 0 Å². The Balaban J connectivity index is 2.07. The Morgan fingerprint density at radius 1 is 1.31 bits per heavy atom. The molecule has 7 nitrogen and oxygen atoms in total. The predicted octanol–water partition coefficient (Wildman–Crippen LogP) is 2.01. The molecule has 0 aliphatic heterocycles. The van der Waals surface area contributed by atoms with Gasteiger partial charge in [0.05, 0.1) is 13.1 Å². The number of hydrogen-bond acceptors (Lipinski definition) is 5. The molecule has 0 aromatic carbocycles. The minimum absolute atomic E-state index is 0.277. The number of pyridine rings is 1. The van der Waals surface area contributed by atoms with Crippen LogP contribution in [0.2, 0.25) is 0 Å². The first-order valence-corrected chi connectivity index (χ1v) is 8.76. The molecule has 2 aromatic rings. The topological polar surface area (TPSA) is 85.9 Å². The van der Waals surface area contributed by atoms with Crippen LogP contribution in [0.1, 0.15) is 30.9 Å². The van der Waals surface area contributed by atoms with Crippen molar-refractivity contribution in [1.29, 1.82) is 0 Å². The van der Waals surface area contributed by atoms with E-state index in [0.717, 1.165) is 23.7 Å². The summed E-state index contributed by atoms with van der Waals surface area (Å²) in [4.78, 5) is 11.0. The molecule has 0 saturated carbocycles. The molecule has 2 aromatic heterocycles. The highest BCUT2D eigenvalue weighted by Gasteiger charge is 2.27. The van der Waals surface area contributed by atoms with Crippen molar-refractivity contribution in [2.45, 2.75) is 32.9 Å². The second-order valence-electron chi connectivity index (χ2n) is 6.61. The van der Waals surface area contributed by atoms with Crippen LogP contribution in [-0.4, -0.2) is 43.2 Å². The van der Waals surface area contributed by atoms with E-state index in [1.807, 2.05) is 51.0 Å². The van der Waals surface area contributed by atoms with Crippen molar-refractivity contribution in [3.8, 4) is 0 Å². The SMILES string of the molecule is CCNC(=NCc1cccnc1N(C)C)NCC(C)(O)c1ccc(C)o1. The summed E-state index contributed by atoms with van der Waals surface area (Å²) in [5.41, 5.74) is -0.101. The third-order valence-corrected chi connectivity index (χ3v) is 3.91. The number of aliphatic imine (C=N–C) groups is 1. The summed E-state index contributed by atoms with van der Waals surface area (Å²) in [5, 5.41) is 17.0. The van der Waals surface area contributed by atoms with E-state index < -0.39 is 5.60 Å². The van der Waals surface area contributed by atoms with E-state index in [1.54, 1.807) is 19.2 Å². The van der Waals surface area contributed by atoms with Crippen molar-refractivity contribution in [3.05, 3.63) is 47.5 Å². The molecule has 1 atom stereocenters. The summed E-state index contributed by atoms with van der Waals surface area (Å²) >= 11 is 0. The Labute approximate surface area is 155 Å². The highest BCUT2D eigenvalue weighted by atomic mass is 16.4. The van der Waals surface area contributed by atoms with Gasteiger partial charge in [-0.3, -0.25) is 0 Å². The normalized spacial score (nSPS) is 14.0. The van der Waals surface area contributed by atoms with Gasteiger partial charge in [-0.15, -0.1) is 0 Å². The number of nitrogens with one attached hydrogen (secondary N) is 2. The summed E-state index contributed by atoms with van der Waals surface area (Å²) in [6, 6.07) is 7.55. The van der Waals surface area contributed by atoms with E-state index >= 15 is 0 Å². The van der Waals surface area contributed by atoms with Crippen LogP contribution in [-0.2, 0) is 12.1 Å². The van der Waals surface area contributed by atoms with E-state index in [2.05, 4.69) is 20.6 Å². The Hall–Kier alpha value is -2.54. The molecule has 1 unspecified atom stereocenters. The Kier molecular flexibility index (Phi) is 6.63. The van der Waals surface area contributed by atoms with Gasteiger partial charge in [0, 0.05) is 32.4 Å². The first-order valence-electron chi connectivity index (χ1n) is 8.76. The van der Waals surface area contributed by atoms with Gasteiger partial charge in [0.1, 0.15) is 22.9 Å². The zero-order valence-corrected chi connectivity index (χ0v) is 16.2. The molecule has 0 aliphatic carbocycles. The van der Waals surface area contributed by atoms with Crippen LogP contribution in [0.15, 0.2) is 39.9 Å². The molecule has 142 valence electrons. The van der Waals surface area contributed by atoms with Gasteiger partial charge in [0.2, 0.25) is 0 Å². The Morgan fingerprint density at radius 3 is 2.69 bits per heavy atom. The van der Waals surface area contributed by atoms with E-state index in [9.17, 15) is 5.11 Å². The molecule has 0 fully saturated rings. The molecular formula is C19H29N5O2. The largest absolute Gasteiger partial charge is 0.463 e. The summed E-state index contributed by atoms with van der Waals surface area (Å²) in [6.07, 6.45) is 1.77. The molecule has 0 spiro atoms. The highest BCUT2D eigenvalue weighted by molar-refractivity contribution is 5.79. The van der Waals surface area contributed by atoms with E-state index in [0.29, 0.717) is 18.3 Å². The fourth-order valence-corrected chi connectivity index (χ4v) is 2.53. The van der Waals surface area contributed by atoms with Crippen molar-refractivity contribution in [2.75, 3.05) is 32.1 Å². The minimum Gasteiger partial charge on any atom is -0.463 e. The van der Waals surface area contributed by atoms with Crippen molar-refractivity contribution < 1.29 is 9.52 Å². The maximum Gasteiger partial charge on any atom is 0.191 e. The van der Waals surface area contributed by atoms with Crippen molar-refractivity contribution in [3.63, 3.8) is 0 Å². The molecule has 0 radical (unpaired) electrons. The third kappa shape index (κ3) is 5.23. The maximum atomic E-state index is 10.7. The fourth-order valence-electron chi connectivity index (χ4n) is 2.53. The van der Waals surface area contributed by atoms with Gasteiger partial charge in [-0.1, -0.05) is 6.07 Å². The summed E-state index contributed by atoms with van der Waals surface area (Å²) in [6.45, 7) is 7.06. The number of hydrogen-bond donors (Lipinski definition) is 3. The van der Waals surface area contributed by atoms with Gasteiger partial charge in [-0.25, -0.2) is 9.98 Å². The number of aryl methyl sites for hydroxylation is 1. The molecule has 0 amide bonds. The number of anilines is 1. The van der Waals surface area contributed by atoms with Gasteiger partial charge in [0.15, 0.2) is 5.96 Å². The van der Waals surface area contributed by atoms with E-state index in [4.69, 9.17) is 4.42 Å². The van der Waals surface area contributed by atoms with Gasteiger partial charge in [-0.2, -0.15) is 0 Å². The molecule has 0 bridgehead atoms. The molecule has 2 heterocycles. The van der Waals surface area contributed by atoms with Crippen molar-refractivity contribution in [2.24, 2.45) is 4.99 Å². The zero-order valence-electron chi connectivity index (χ0n) is 16.2. The molecular weight excluding hydrogens is 330 g/mol. The number of aromatic nitrogens is 1. The smallest absolute Gasteiger partial charge is 0.191 e. The number of guanidine groups is 1.